The molecule has 0 unspecified atom stereocenters. The minimum absolute atomic E-state index is 0.0621. The molecule has 0 amide bonds. The van der Waals surface area contributed by atoms with Crippen molar-refractivity contribution in [2.24, 2.45) is 0 Å². The first-order valence-corrected chi connectivity index (χ1v) is 13.6. The van der Waals surface area contributed by atoms with Gasteiger partial charge in [-0.25, -0.2) is 13.8 Å². The number of carbonyl (C=O) groups excluding carboxylic acids is 1. The van der Waals surface area contributed by atoms with Crippen LogP contribution in [0.5, 0.6) is 5.75 Å². The van der Waals surface area contributed by atoms with E-state index in [4.69, 9.17) is 18.5 Å². The third kappa shape index (κ3) is 6.95. The number of esters is 1. The highest BCUT2D eigenvalue weighted by atomic mass is 79.9. The second kappa shape index (κ2) is 11.6. The van der Waals surface area contributed by atoms with Crippen LogP contribution in [0.2, 0.25) is 0 Å². The van der Waals surface area contributed by atoms with Gasteiger partial charge in [-0.3, -0.25) is 23.7 Å². The lowest BCUT2D eigenvalue weighted by Gasteiger charge is -2.25. The molecule has 1 aromatic carbocycles. The number of rotatable bonds is 10. The summed E-state index contributed by atoms with van der Waals surface area (Å²) in [4.78, 5) is 38.2. The number of aliphatic hydroxyl groups is 1. The van der Waals surface area contributed by atoms with Crippen molar-refractivity contribution in [1.82, 2.24) is 14.6 Å². The number of hydrogen-bond acceptors (Lipinski definition) is 9. The smallest absolute Gasteiger partial charge is 0.459 e. The molecule has 204 valence electrons. The van der Waals surface area contributed by atoms with Crippen LogP contribution in [-0.2, 0) is 23.4 Å². The minimum atomic E-state index is -4.32. The van der Waals surface area contributed by atoms with E-state index >= 15 is 4.39 Å². The van der Waals surface area contributed by atoms with Crippen molar-refractivity contribution in [3.8, 4) is 5.75 Å². The third-order valence-corrected chi connectivity index (χ3v) is 7.54. The monoisotopic (exact) mass is 607 g/mol. The summed E-state index contributed by atoms with van der Waals surface area (Å²) in [6.45, 7) is 5.05. The number of nitrogens with zero attached hydrogens (tertiary/aromatic N) is 1. The Bertz CT molecular complexity index is 1270. The summed E-state index contributed by atoms with van der Waals surface area (Å²) >= 11 is 2.96. The molecule has 0 bridgehead atoms. The molecule has 1 aromatic heterocycles. The molecule has 0 spiro atoms. The van der Waals surface area contributed by atoms with Crippen LogP contribution >= 0.6 is 23.7 Å². The van der Waals surface area contributed by atoms with Crippen LogP contribution in [0, 0.1) is 0 Å². The van der Waals surface area contributed by atoms with E-state index in [1.165, 1.54) is 19.1 Å². The Morgan fingerprint density at radius 3 is 2.59 bits per heavy atom. The van der Waals surface area contributed by atoms with Crippen molar-refractivity contribution in [3.63, 3.8) is 0 Å². The summed E-state index contributed by atoms with van der Waals surface area (Å²) in [5, 5.41) is 13.1. The normalized spacial score (nSPS) is 26.0. The van der Waals surface area contributed by atoms with E-state index in [0.29, 0.717) is 0 Å². The molecule has 6 atom stereocenters. The number of carbonyl (C=O) groups is 1. The quantitative estimate of drug-likeness (QED) is 0.270. The topological polar surface area (TPSA) is 158 Å². The molecular weight excluding hydrogens is 580 g/mol. The van der Waals surface area contributed by atoms with E-state index in [2.05, 4.69) is 21.0 Å². The minimum Gasteiger partial charge on any atom is -0.462 e. The van der Waals surface area contributed by atoms with Gasteiger partial charge < -0.3 is 19.1 Å². The van der Waals surface area contributed by atoms with Crippen LogP contribution < -0.4 is 20.9 Å². The number of aliphatic hydroxyl groups excluding tert-OH is 1. The van der Waals surface area contributed by atoms with Crippen molar-refractivity contribution in [2.75, 3.05) is 6.61 Å². The largest absolute Gasteiger partial charge is 0.462 e. The summed E-state index contributed by atoms with van der Waals surface area (Å²) in [6.07, 6.45) is -4.29. The van der Waals surface area contributed by atoms with Crippen molar-refractivity contribution in [2.45, 2.75) is 63.9 Å². The zero-order valence-electron chi connectivity index (χ0n) is 20.4. The van der Waals surface area contributed by atoms with Gasteiger partial charge in [0.05, 0.1) is 17.2 Å². The number of alkyl halides is 1. The van der Waals surface area contributed by atoms with E-state index in [1.807, 2.05) is 4.98 Å². The van der Waals surface area contributed by atoms with E-state index in [9.17, 15) is 24.1 Å². The van der Waals surface area contributed by atoms with Crippen LogP contribution in [-0.4, -0.2) is 57.3 Å². The number of ether oxygens (including phenoxy) is 2. The van der Waals surface area contributed by atoms with Gasteiger partial charge in [0.15, 0.2) is 11.9 Å². The maximum Gasteiger partial charge on any atom is 0.459 e. The molecule has 0 aliphatic carbocycles. The van der Waals surface area contributed by atoms with Crippen molar-refractivity contribution >= 4 is 29.6 Å². The first kappa shape index (κ1) is 29.2. The lowest BCUT2D eigenvalue weighted by Crippen LogP contribution is -2.44. The summed E-state index contributed by atoms with van der Waals surface area (Å²) < 4.78 is 51.5. The Balaban J connectivity index is 1.82. The van der Waals surface area contributed by atoms with E-state index in [-0.39, 0.29) is 10.2 Å². The summed E-state index contributed by atoms with van der Waals surface area (Å²) in [5.74, 6) is -0.569. The molecule has 2 aromatic rings. The van der Waals surface area contributed by atoms with Gasteiger partial charge in [0.2, 0.25) is 0 Å². The number of halogens is 2. The molecule has 1 saturated heterocycles. The van der Waals surface area contributed by atoms with Crippen LogP contribution in [0.4, 0.5) is 4.39 Å². The van der Waals surface area contributed by atoms with Crippen molar-refractivity contribution in [3.05, 3.63) is 61.8 Å². The molecule has 1 aliphatic rings. The van der Waals surface area contributed by atoms with Crippen LogP contribution in [0.1, 0.15) is 33.9 Å². The average molecular weight is 608 g/mol. The standard InChI is InChI=1S/C22H28BrFN3O9P/c1-12(2)34-19(30)13(3)26-37(32,36-14-8-6-5-7-9-14)33-11-16-17(28)22(4,24)20(35-16)27-10-15(23)18(29)25-21(27)31/h5-10,12-13,16-17,20,28H,11H2,1-4H3,(H,26,32)(H,25,29,31)/t13-,16-,17-,20-,22-,37-/m1/s1. The highest BCUT2D eigenvalue weighted by Gasteiger charge is 2.56. The molecule has 2 heterocycles. The van der Waals surface area contributed by atoms with Crippen LogP contribution in [0.3, 0.4) is 0 Å². The van der Waals surface area contributed by atoms with Crippen molar-refractivity contribution < 1.29 is 37.4 Å². The van der Waals surface area contributed by atoms with Crippen LogP contribution in [0.25, 0.3) is 0 Å². The maximum absolute atomic E-state index is 15.5. The van der Waals surface area contributed by atoms with E-state index < -0.39 is 67.8 Å². The van der Waals surface area contributed by atoms with Gasteiger partial charge in [-0.2, -0.15) is 5.09 Å². The Kier molecular flexibility index (Phi) is 9.14. The van der Waals surface area contributed by atoms with Crippen LogP contribution in [0.15, 0.2) is 50.6 Å². The Morgan fingerprint density at radius 1 is 1.32 bits per heavy atom. The SMILES string of the molecule is CC(C)OC(=O)[C@@H](C)N[P@@](=O)(OC[C@H]1O[C@@H](n2cc(Br)c(=O)[nH]c2=O)[C@](C)(F)[C@@H]1O)Oc1ccccc1. The van der Waals surface area contributed by atoms with Gasteiger partial charge in [0.25, 0.3) is 5.56 Å². The second-order valence-corrected chi connectivity index (χ2v) is 11.3. The predicted octanol–water partition coefficient (Wildman–Crippen LogP) is 2.42. The molecule has 0 radical (unpaired) electrons. The fourth-order valence-electron chi connectivity index (χ4n) is 3.49. The predicted molar refractivity (Wildman–Crippen MR) is 133 cm³/mol. The lowest BCUT2D eigenvalue weighted by atomic mass is 9.98. The molecule has 1 fully saturated rings. The molecule has 12 nitrogen and oxygen atoms in total. The molecule has 15 heteroatoms. The number of hydrogen-bond donors (Lipinski definition) is 3. The number of benzene rings is 1. The molecular formula is C22H28BrFN3O9P. The number of H-pyrrole nitrogens is 1. The fourth-order valence-corrected chi connectivity index (χ4v) is 5.31. The Hall–Kier alpha value is -2.35. The molecule has 1 aliphatic heterocycles. The van der Waals surface area contributed by atoms with E-state index in [0.717, 1.165) is 17.7 Å². The molecule has 3 rings (SSSR count). The fraction of sp³-hybridized carbons (Fsp3) is 0.500. The zero-order chi connectivity index (χ0) is 27.5. The summed E-state index contributed by atoms with van der Waals surface area (Å²) in [6, 6.07) is 6.84. The summed E-state index contributed by atoms with van der Waals surface area (Å²) in [7, 11) is -4.32. The molecule has 37 heavy (non-hydrogen) atoms. The number of nitrogens with one attached hydrogen (secondary N) is 2. The van der Waals surface area contributed by atoms with E-state index in [1.54, 1.807) is 32.0 Å². The maximum atomic E-state index is 15.5. The van der Waals surface area contributed by atoms with Crippen molar-refractivity contribution in [1.29, 1.82) is 0 Å². The highest BCUT2D eigenvalue weighted by Crippen LogP contribution is 2.47. The lowest BCUT2D eigenvalue weighted by molar-refractivity contribution is -0.149. The van der Waals surface area contributed by atoms with Gasteiger partial charge in [-0.15, -0.1) is 0 Å². The summed E-state index contributed by atoms with van der Waals surface area (Å²) in [5.41, 5.74) is -4.20. The molecule has 0 saturated carbocycles. The zero-order valence-corrected chi connectivity index (χ0v) is 22.9. The first-order valence-electron chi connectivity index (χ1n) is 11.2. The number of aromatic amines is 1. The van der Waals surface area contributed by atoms with Gasteiger partial charge in [0.1, 0.15) is 24.0 Å². The van der Waals surface area contributed by atoms with Gasteiger partial charge in [0, 0.05) is 6.20 Å². The first-order chi connectivity index (χ1) is 17.2. The van der Waals surface area contributed by atoms with Gasteiger partial charge in [-0.1, -0.05) is 18.2 Å². The average Bonchev–Trinajstić information content (AvgIpc) is 3.03. The Morgan fingerprint density at radius 2 is 1.97 bits per heavy atom. The second-order valence-electron chi connectivity index (χ2n) is 8.80. The van der Waals surface area contributed by atoms with Gasteiger partial charge >= 0.3 is 19.4 Å². The Labute approximate surface area is 219 Å². The molecule has 3 N–H and O–H groups in total. The third-order valence-electron chi connectivity index (χ3n) is 5.33. The number of aromatic nitrogens is 2. The van der Waals surface area contributed by atoms with Gasteiger partial charge in [-0.05, 0) is 55.8 Å². The highest BCUT2D eigenvalue weighted by molar-refractivity contribution is 9.10. The number of para-hydroxylation sites is 1.